The zero-order valence-corrected chi connectivity index (χ0v) is 10.6. The Morgan fingerprint density at radius 2 is 1.67 bits per heavy atom. The molecule has 0 saturated carbocycles. The van der Waals surface area contributed by atoms with E-state index in [-0.39, 0.29) is 0 Å². The van der Waals surface area contributed by atoms with Crippen molar-refractivity contribution in [3.8, 4) is 11.1 Å². The summed E-state index contributed by atoms with van der Waals surface area (Å²) in [5.74, 6) is 0.569. The quantitative estimate of drug-likeness (QED) is 0.650. The van der Waals surface area contributed by atoms with Crippen molar-refractivity contribution in [3.63, 3.8) is 0 Å². The van der Waals surface area contributed by atoms with Gasteiger partial charge in [0.15, 0.2) is 5.58 Å². The predicted octanol–water partition coefficient (Wildman–Crippen LogP) is 4.62. The standard InChI is InChI=1S/C16H15NO/c1-11(2)12-3-5-13(6-4-12)14-7-8-16-15(9-14)10-17-18-16/h3-11H,1-2H3. The molecule has 0 aliphatic heterocycles. The third kappa shape index (κ3) is 1.90. The number of hydrogen-bond acceptors (Lipinski definition) is 2. The van der Waals surface area contributed by atoms with E-state index in [1.54, 1.807) is 6.20 Å². The Hall–Kier alpha value is -2.09. The molecule has 3 rings (SSSR count). The SMILES string of the molecule is CC(C)c1ccc(-c2ccc3oncc3c2)cc1. The van der Waals surface area contributed by atoms with Crippen LogP contribution in [0.4, 0.5) is 0 Å². The van der Waals surface area contributed by atoms with Crippen LogP contribution >= 0.6 is 0 Å². The molecule has 1 aromatic heterocycles. The minimum atomic E-state index is 0.569. The molecular weight excluding hydrogens is 222 g/mol. The molecule has 0 aliphatic rings. The van der Waals surface area contributed by atoms with Crippen LogP contribution in [0.15, 0.2) is 53.2 Å². The normalized spacial score (nSPS) is 11.3. The second-order valence-electron chi connectivity index (χ2n) is 4.86. The highest BCUT2D eigenvalue weighted by Gasteiger charge is 2.03. The molecule has 90 valence electrons. The summed E-state index contributed by atoms with van der Waals surface area (Å²) >= 11 is 0. The summed E-state index contributed by atoms with van der Waals surface area (Å²) in [6.45, 7) is 4.41. The van der Waals surface area contributed by atoms with Crippen LogP contribution in [0.5, 0.6) is 0 Å². The Morgan fingerprint density at radius 1 is 0.944 bits per heavy atom. The van der Waals surface area contributed by atoms with E-state index in [1.165, 1.54) is 16.7 Å². The molecule has 0 saturated heterocycles. The average Bonchev–Trinajstić information content (AvgIpc) is 2.86. The van der Waals surface area contributed by atoms with Crippen LogP contribution in [0.1, 0.15) is 25.3 Å². The van der Waals surface area contributed by atoms with Gasteiger partial charge in [0.05, 0.1) is 6.20 Å². The molecule has 0 aliphatic carbocycles. The molecule has 1 heterocycles. The smallest absolute Gasteiger partial charge is 0.166 e. The minimum absolute atomic E-state index is 0.569. The first-order valence-corrected chi connectivity index (χ1v) is 6.19. The van der Waals surface area contributed by atoms with Crippen molar-refractivity contribution in [2.24, 2.45) is 0 Å². The van der Waals surface area contributed by atoms with E-state index >= 15 is 0 Å². The van der Waals surface area contributed by atoms with Crippen LogP contribution < -0.4 is 0 Å². The Labute approximate surface area is 106 Å². The summed E-state index contributed by atoms with van der Waals surface area (Å²) < 4.78 is 5.11. The largest absolute Gasteiger partial charge is 0.356 e. The fraction of sp³-hybridized carbons (Fsp3) is 0.188. The summed E-state index contributed by atoms with van der Waals surface area (Å²) in [5.41, 5.74) is 4.62. The molecule has 2 heteroatoms. The molecule has 2 aromatic carbocycles. The van der Waals surface area contributed by atoms with Gasteiger partial charge >= 0.3 is 0 Å². The maximum absolute atomic E-state index is 5.11. The van der Waals surface area contributed by atoms with Crippen LogP contribution in [0.25, 0.3) is 22.1 Å². The zero-order valence-electron chi connectivity index (χ0n) is 10.6. The highest BCUT2D eigenvalue weighted by atomic mass is 16.5. The first kappa shape index (κ1) is 11.0. The van der Waals surface area contributed by atoms with Gasteiger partial charge in [-0.3, -0.25) is 0 Å². The molecule has 2 nitrogen and oxygen atoms in total. The van der Waals surface area contributed by atoms with Gasteiger partial charge in [-0.1, -0.05) is 49.3 Å². The summed E-state index contributed by atoms with van der Waals surface area (Å²) in [6.07, 6.45) is 1.75. The van der Waals surface area contributed by atoms with E-state index in [9.17, 15) is 0 Å². The van der Waals surface area contributed by atoms with Crippen molar-refractivity contribution in [1.82, 2.24) is 5.16 Å². The first-order valence-electron chi connectivity index (χ1n) is 6.19. The molecule has 0 fully saturated rings. The van der Waals surface area contributed by atoms with Crippen molar-refractivity contribution in [3.05, 3.63) is 54.2 Å². The molecule has 0 bridgehead atoms. The average molecular weight is 237 g/mol. The molecule has 0 radical (unpaired) electrons. The second-order valence-corrected chi connectivity index (χ2v) is 4.86. The van der Waals surface area contributed by atoms with Crippen molar-refractivity contribution in [1.29, 1.82) is 0 Å². The predicted molar refractivity (Wildman–Crippen MR) is 73.5 cm³/mol. The molecule has 0 unspecified atom stereocenters. The fourth-order valence-corrected chi connectivity index (χ4v) is 2.11. The topological polar surface area (TPSA) is 26.0 Å². The number of nitrogens with zero attached hydrogens (tertiary/aromatic N) is 1. The van der Waals surface area contributed by atoms with Gasteiger partial charge in [0.25, 0.3) is 0 Å². The van der Waals surface area contributed by atoms with Crippen LogP contribution in [0.2, 0.25) is 0 Å². The highest BCUT2D eigenvalue weighted by Crippen LogP contribution is 2.25. The molecule has 0 amide bonds. The van der Waals surface area contributed by atoms with Crippen molar-refractivity contribution in [2.45, 2.75) is 19.8 Å². The second kappa shape index (κ2) is 4.30. The highest BCUT2D eigenvalue weighted by molar-refractivity contribution is 5.82. The van der Waals surface area contributed by atoms with Crippen molar-refractivity contribution >= 4 is 11.0 Å². The van der Waals surface area contributed by atoms with Gasteiger partial charge in [0.2, 0.25) is 0 Å². The van der Waals surface area contributed by atoms with E-state index in [0.29, 0.717) is 5.92 Å². The molecular formula is C16H15NO. The van der Waals surface area contributed by atoms with E-state index in [4.69, 9.17) is 4.52 Å². The van der Waals surface area contributed by atoms with E-state index < -0.39 is 0 Å². The lowest BCUT2D eigenvalue weighted by atomic mass is 9.98. The number of rotatable bonds is 2. The van der Waals surface area contributed by atoms with Crippen molar-refractivity contribution in [2.75, 3.05) is 0 Å². The molecule has 0 N–H and O–H groups in total. The van der Waals surface area contributed by atoms with Crippen LogP contribution in [0.3, 0.4) is 0 Å². The first-order chi connectivity index (χ1) is 8.74. The van der Waals surface area contributed by atoms with E-state index in [1.807, 2.05) is 6.07 Å². The molecule has 3 aromatic rings. The third-order valence-electron chi connectivity index (χ3n) is 3.26. The maximum atomic E-state index is 5.11. The van der Waals surface area contributed by atoms with Crippen molar-refractivity contribution < 1.29 is 4.52 Å². The van der Waals surface area contributed by atoms with Crippen LogP contribution in [0, 0.1) is 0 Å². The summed E-state index contributed by atoms with van der Waals surface area (Å²) in [6, 6.07) is 14.9. The number of aromatic nitrogens is 1. The maximum Gasteiger partial charge on any atom is 0.166 e. The van der Waals surface area contributed by atoms with E-state index in [0.717, 1.165) is 11.0 Å². The van der Waals surface area contributed by atoms with Gasteiger partial charge in [0.1, 0.15) is 0 Å². The van der Waals surface area contributed by atoms with Gasteiger partial charge in [-0.25, -0.2) is 0 Å². The Balaban J connectivity index is 2.02. The summed E-state index contributed by atoms with van der Waals surface area (Å²) in [4.78, 5) is 0. The zero-order chi connectivity index (χ0) is 12.5. The summed E-state index contributed by atoms with van der Waals surface area (Å²) in [5, 5.41) is 4.84. The third-order valence-corrected chi connectivity index (χ3v) is 3.26. The lowest BCUT2D eigenvalue weighted by molar-refractivity contribution is 0.456. The number of fused-ring (bicyclic) bond motifs is 1. The lowest BCUT2D eigenvalue weighted by Crippen LogP contribution is -1.86. The van der Waals surface area contributed by atoms with Gasteiger partial charge in [-0.05, 0) is 34.7 Å². The Morgan fingerprint density at radius 3 is 2.39 bits per heavy atom. The molecule has 18 heavy (non-hydrogen) atoms. The van der Waals surface area contributed by atoms with Gasteiger partial charge in [0, 0.05) is 5.39 Å². The summed E-state index contributed by atoms with van der Waals surface area (Å²) in [7, 11) is 0. The minimum Gasteiger partial charge on any atom is -0.356 e. The van der Waals surface area contributed by atoms with Crippen LogP contribution in [-0.4, -0.2) is 5.16 Å². The molecule has 0 atom stereocenters. The van der Waals surface area contributed by atoms with Gasteiger partial charge < -0.3 is 4.52 Å². The number of benzene rings is 2. The lowest BCUT2D eigenvalue weighted by Gasteiger charge is -2.07. The van der Waals surface area contributed by atoms with E-state index in [2.05, 4.69) is 55.4 Å². The van der Waals surface area contributed by atoms with Crippen LogP contribution in [-0.2, 0) is 0 Å². The molecule has 0 spiro atoms. The fourth-order valence-electron chi connectivity index (χ4n) is 2.11. The van der Waals surface area contributed by atoms with Gasteiger partial charge in [-0.2, -0.15) is 0 Å². The monoisotopic (exact) mass is 237 g/mol. The van der Waals surface area contributed by atoms with Gasteiger partial charge in [-0.15, -0.1) is 0 Å². The Kier molecular flexibility index (Phi) is 2.63. The number of hydrogen-bond donors (Lipinski definition) is 0. The Bertz CT molecular complexity index is 665.